The standard InChI is InChI=1S/C13H8N2/c14-7-9-5-11-6-10-3-1-2-4-12(10)13(11)15-8-9/h1-4,6,8H,5H2. The van der Waals surface area contributed by atoms with Crippen LogP contribution in [0.4, 0.5) is 0 Å². The first kappa shape index (κ1) is 8.19. The van der Waals surface area contributed by atoms with Crippen molar-refractivity contribution in [3.8, 4) is 6.07 Å². The van der Waals surface area contributed by atoms with E-state index in [1.807, 2.05) is 12.1 Å². The molecule has 1 heterocycles. The second-order valence-electron chi connectivity index (χ2n) is 3.68. The molecule has 0 radical (unpaired) electrons. The average Bonchev–Trinajstić information content (AvgIpc) is 2.66. The van der Waals surface area contributed by atoms with Crippen molar-refractivity contribution >= 4 is 11.8 Å². The largest absolute Gasteiger partial charge is 0.255 e. The zero-order valence-corrected chi connectivity index (χ0v) is 8.07. The summed E-state index contributed by atoms with van der Waals surface area (Å²) in [6.07, 6.45) is 4.51. The van der Waals surface area contributed by atoms with E-state index < -0.39 is 0 Å². The number of hydrogen-bond acceptors (Lipinski definition) is 2. The first-order chi connectivity index (χ1) is 7.38. The van der Waals surface area contributed by atoms with E-state index in [4.69, 9.17) is 5.26 Å². The summed E-state index contributed by atoms with van der Waals surface area (Å²) in [6, 6.07) is 10.3. The lowest BCUT2D eigenvalue weighted by Gasteiger charge is -2.08. The molecule has 0 amide bonds. The molecule has 0 fully saturated rings. The van der Waals surface area contributed by atoms with Crippen LogP contribution in [-0.4, -0.2) is 5.71 Å². The van der Waals surface area contributed by atoms with Gasteiger partial charge in [0.1, 0.15) is 0 Å². The summed E-state index contributed by atoms with van der Waals surface area (Å²) in [4.78, 5) is 4.35. The van der Waals surface area contributed by atoms with Crippen LogP contribution < -0.4 is 0 Å². The van der Waals surface area contributed by atoms with Crippen LogP contribution in [0.25, 0.3) is 6.08 Å². The molecule has 70 valence electrons. The first-order valence-corrected chi connectivity index (χ1v) is 4.86. The van der Waals surface area contributed by atoms with Crippen LogP contribution in [0.1, 0.15) is 17.5 Å². The Hall–Kier alpha value is -2.14. The summed E-state index contributed by atoms with van der Waals surface area (Å²) in [5.74, 6) is 0. The van der Waals surface area contributed by atoms with Gasteiger partial charge in [0.2, 0.25) is 0 Å². The molecule has 0 aromatic heterocycles. The fourth-order valence-electron chi connectivity index (χ4n) is 2.02. The van der Waals surface area contributed by atoms with Crippen molar-refractivity contribution in [3.63, 3.8) is 0 Å². The SMILES string of the molecule is N#CC1=CN=C2C(=Cc3ccccc32)C1. The van der Waals surface area contributed by atoms with Crippen molar-refractivity contribution in [1.29, 1.82) is 5.26 Å². The lowest BCUT2D eigenvalue weighted by Crippen LogP contribution is -2.04. The number of nitrogens with zero attached hydrogens (tertiary/aromatic N) is 2. The molecule has 1 aliphatic carbocycles. The van der Waals surface area contributed by atoms with Gasteiger partial charge in [-0.15, -0.1) is 0 Å². The van der Waals surface area contributed by atoms with Crippen LogP contribution in [0.5, 0.6) is 0 Å². The molecule has 2 aliphatic rings. The zero-order valence-electron chi connectivity index (χ0n) is 8.07. The number of benzene rings is 1. The predicted octanol–water partition coefficient (Wildman–Crippen LogP) is 2.68. The molecule has 1 aromatic rings. The van der Waals surface area contributed by atoms with E-state index in [0.29, 0.717) is 6.42 Å². The minimum Gasteiger partial charge on any atom is -0.255 e. The molecule has 0 saturated heterocycles. The number of nitriles is 1. The maximum Gasteiger partial charge on any atom is 0.0966 e. The van der Waals surface area contributed by atoms with Crippen molar-refractivity contribution in [1.82, 2.24) is 0 Å². The lowest BCUT2D eigenvalue weighted by atomic mass is 10.0. The van der Waals surface area contributed by atoms with Gasteiger partial charge in [-0.2, -0.15) is 5.26 Å². The Kier molecular flexibility index (Phi) is 1.60. The Morgan fingerprint density at radius 1 is 1.27 bits per heavy atom. The number of allylic oxidation sites excluding steroid dienone is 2. The van der Waals surface area contributed by atoms with Crippen molar-refractivity contribution in [2.24, 2.45) is 4.99 Å². The average molecular weight is 192 g/mol. The molecule has 15 heavy (non-hydrogen) atoms. The van der Waals surface area contributed by atoms with E-state index in [0.717, 1.165) is 16.9 Å². The van der Waals surface area contributed by atoms with Crippen LogP contribution in [0, 0.1) is 11.3 Å². The highest BCUT2D eigenvalue weighted by atomic mass is 14.7. The highest BCUT2D eigenvalue weighted by Gasteiger charge is 2.22. The van der Waals surface area contributed by atoms with Crippen LogP contribution in [-0.2, 0) is 0 Å². The molecule has 2 nitrogen and oxygen atoms in total. The molecule has 1 aliphatic heterocycles. The fraction of sp³-hybridized carbons (Fsp3) is 0.0769. The summed E-state index contributed by atoms with van der Waals surface area (Å²) >= 11 is 0. The second kappa shape index (κ2) is 2.93. The Morgan fingerprint density at radius 3 is 3.00 bits per heavy atom. The van der Waals surface area contributed by atoms with Gasteiger partial charge in [-0.05, 0) is 17.2 Å². The van der Waals surface area contributed by atoms with Gasteiger partial charge < -0.3 is 0 Å². The van der Waals surface area contributed by atoms with E-state index in [1.165, 1.54) is 11.1 Å². The minimum absolute atomic E-state index is 0.712. The van der Waals surface area contributed by atoms with Gasteiger partial charge in [0, 0.05) is 18.2 Å². The molecule has 2 heteroatoms. The molecule has 0 unspecified atom stereocenters. The third-order valence-electron chi connectivity index (χ3n) is 2.72. The number of hydrogen-bond donors (Lipinski definition) is 0. The van der Waals surface area contributed by atoms with E-state index in [9.17, 15) is 0 Å². The molecule has 0 saturated carbocycles. The normalized spacial score (nSPS) is 16.9. The lowest BCUT2D eigenvalue weighted by molar-refractivity contribution is 1.19. The summed E-state index contributed by atoms with van der Waals surface area (Å²) in [6.45, 7) is 0. The van der Waals surface area contributed by atoms with E-state index >= 15 is 0 Å². The van der Waals surface area contributed by atoms with Gasteiger partial charge >= 0.3 is 0 Å². The van der Waals surface area contributed by atoms with Gasteiger partial charge in [-0.25, -0.2) is 0 Å². The minimum atomic E-state index is 0.712. The summed E-state index contributed by atoms with van der Waals surface area (Å²) in [7, 11) is 0. The first-order valence-electron chi connectivity index (χ1n) is 4.86. The fourth-order valence-corrected chi connectivity index (χ4v) is 2.02. The third kappa shape index (κ3) is 1.14. The van der Waals surface area contributed by atoms with Gasteiger partial charge in [-0.1, -0.05) is 24.3 Å². The Labute approximate surface area is 87.9 Å². The number of aliphatic imine (C=N–C) groups is 1. The quantitative estimate of drug-likeness (QED) is 0.622. The Morgan fingerprint density at radius 2 is 2.13 bits per heavy atom. The monoisotopic (exact) mass is 192 g/mol. The molecule has 0 spiro atoms. The van der Waals surface area contributed by atoms with Crippen LogP contribution in [0.2, 0.25) is 0 Å². The summed E-state index contributed by atoms with van der Waals surface area (Å²) < 4.78 is 0. The van der Waals surface area contributed by atoms with Gasteiger partial charge in [0.15, 0.2) is 0 Å². The maximum atomic E-state index is 8.81. The van der Waals surface area contributed by atoms with Crippen LogP contribution in [0.3, 0.4) is 0 Å². The Bertz CT molecular complexity index is 568. The second-order valence-corrected chi connectivity index (χ2v) is 3.68. The van der Waals surface area contributed by atoms with Crippen molar-refractivity contribution in [3.05, 3.63) is 52.7 Å². The van der Waals surface area contributed by atoms with E-state index in [-0.39, 0.29) is 0 Å². The highest BCUT2D eigenvalue weighted by molar-refractivity contribution is 6.21. The summed E-state index contributed by atoms with van der Waals surface area (Å²) in [5.41, 5.74) is 5.32. The molecule has 0 N–H and O–H groups in total. The topological polar surface area (TPSA) is 36.1 Å². The smallest absolute Gasteiger partial charge is 0.0966 e. The third-order valence-corrected chi connectivity index (χ3v) is 2.72. The van der Waals surface area contributed by atoms with E-state index in [1.54, 1.807) is 6.20 Å². The van der Waals surface area contributed by atoms with Crippen molar-refractivity contribution in [2.45, 2.75) is 6.42 Å². The van der Waals surface area contributed by atoms with Gasteiger partial charge in [0.05, 0.1) is 17.4 Å². The van der Waals surface area contributed by atoms with Crippen molar-refractivity contribution < 1.29 is 0 Å². The molecule has 0 bridgehead atoms. The van der Waals surface area contributed by atoms with Crippen LogP contribution >= 0.6 is 0 Å². The zero-order chi connectivity index (χ0) is 10.3. The van der Waals surface area contributed by atoms with Crippen molar-refractivity contribution in [2.75, 3.05) is 0 Å². The molecule has 1 aromatic carbocycles. The van der Waals surface area contributed by atoms with Gasteiger partial charge in [0.25, 0.3) is 0 Å². The van der Waals surface area contributed by atoms with E-state index in [2.05, 4.69) is 29.3 Å². The number of fused-ring (bicyclic) bond motifs is 3. The summed E-state index contributed by atoms with van der Waals surface area (Å²) in [5, 5.41) is 8.81. The maximum absolute atomic E-state index is 8.81. The highest BCUT2D eigenvalue weighted by Crippen LogP contribution is 2.31. The van der Waals surface area contributed by atoms with Gasteiger partial charge in [-0.3, -0.25) is 4.99 Å². The molecular weight excluding hydrogens is 184 g/mol. The predicted molar refractivity (Wildman–Crippen MR) is 59.3 cm³/mol. The Balaban J connectivity index is 2.16. The number of rotatable bonds is 0. The molecule has 3 rings (SSSR count). The van der Waals surface area contributed by atoms with Crippen LogP contribution in [0.15, 0.2) is 46.6 Å². The molecule has 0 atom stereocenters. The molecular formula is C13H8N2.